The van der Waals surface area contributed by atoms with Gasteiger partial charge in [0.05, 0.1) is 33.9 Å². The number of amides is 1. The van der Waals surface area contributed by atoms with Crippen molar-refractivity contribution in [1.82, 2.24) is 9.21 Å². The Morgan fingerprint density at radius 3 is 2.50 bits per heavy atom. The molecule has 0 bridgehead atoms. The third-order valence-corrected chi connectivity index (χ3v) is 7.22. The third-order valence-electron chi connectivity index (χ3n) is 4.99. The van der Waals surface area contributed by atoms with E-state index in [9.17, 15) is 31.2 Å². The molecule has 2 rings (SSSR count). The summed E-state index contributed by atoms with van der Waals surface area (Å²) in [5.41, 5.74) is -1.25. The number of likely N-dealkylation sites (N-methyl/N-ethyl adjacent to an activating group) is 1. The molecule has 1 fully saturated rings. The SMILES string of the molecule is CN(CCC#N)C(=O)COC(=O)C1CCN(S(=O)(=O)c2ccc(Cl)c(C(F)(F)F)c2)CC1. The molecule has 1 heterocycles. The van der Waals surface area contributed by atoms with E-state index in [1.165, 1.54) is 11.9 Å². The molecule has 13 heteroatoms. The van der Waals surface area contributed by atoms with Crippen molar-refractivity contribution in [2.75, 3.05) is 33.3 Å². The number of halogens is 4. The fourth-order valence-corrected chi connectivity index (χ4v) is 4.79. The van der Waals surface area contributed by atoms with Gasteiger partial charge >= 0.3 is 12.1 Å². The zero-order chi connectivity index (χ0) is 24.1. The van der Waals surface area contributed by atoms with Gasteiger partial charge in [-0.2, -0.15) is 22.7 Å². The van der Waals surface area contributed by atoms with Gasteiger partial charge in [0.1, 0.15) is 0 Å². The summed E-state index contributed by atoms with van der Waals surface area (Å²) in [5, 5.41) is 7.92. The average Bonchev–Trinajstić information content (AvgIpc) is 2.74. The molecule has 1 aliphatic heterocycles. The van der Waals surface area contributed by atoms with E-state index in [2.05, 4.69) is 0 Å². The van der Waals surface area contributed by atoms with Crippen LogP contribution in [0.3, 0.4) is 0 Å². The van der Waals surface area contributed by atoms with Crippen LogP contribution < -0.4 is 0 Å². The van der Waals surface area contributed by atoms with Crippen LogP contribution in [0.2, 0.25) is 5.02 Å². The number of benzene rings is 1. The lowest BCUT2D eigenvalue weighted by atomic mass is 9.98. The summed E-state index contributed by atoms with van der Waals surface area (Å²) in [5.74, 6) is -1.78. The van der Waals surface area contributed by atoms with Crippen molar-refractivity contribution in [3.63, 3.8) is 0 Å². The third kappa shape index (κ3) is 6.34. The number of ether oxygens (including phenoxy) is 1. The minimum Gasteiger partial charge on any atom is -0.455 e. The van der Waals surface area contributed by atoms with E-state index in [4.69, 9.17) is 21.6 Å². The van der Waals surface area contributed by atoms with Gasteiger partial charge in [0.15, 0.2) is 6.61 Å². The fourth-order valence-electron chi connectivity index (χ4n) is 3.07. The molecular formula is C19H21ClF3N3O5S. The average molecular weight is 496 g/mol. The van der Waals surface area contributed by atoms with Crippen molar-refractivity contribution in [1.29, 1.82) is 5.26 Å². The van der Waals surface area contributed by atoms with E-state index in [-0.39, 0.29) is 38.9 Å². The Bertz CT molecular complexity index is 1000. The van der Waals surface area contributed by atoms with Gasteiger partial charge in [-0.1, -0.05) is 11.6 Å². The molecule has 176 valence electrons. The van der Waals surface area contributed by atoms with Gasteiger partial charge in [-0.15, -0.1) is 0 Å². The molecule has 0 atom stereocenters. The van der Waals surface area contributed by atoms with Crippen LogP contribution in [-0.2, 0) is 30.5 Å². The lowest BCUT2D eigenvalue weighted by Gasteiger charge is -2.30. The second-order valence-electron chi connectivity index (χ2n) is 7.15. The number of alkyl halides is 3. The van der Waals surface area contributed by atoms with Gasteiger partial charge in [-0.05, 0) is 31.0 Å². The van der Waals surface area contributed by atoms with Crippen LogP contribution in [0.15, 0.2) is 23.1 Å². The summed E-state index contributed by atoms with van der Waals surface area (Å²) in [4.78, 5) is 24.8. The second-order valence-corrected chi connectivity index (χ2v) is 9.49. The van der Waals surface area contributed by atoms with Crippen molar-refractivity contribution in [2.45, 2.75) is 30.3 Å². The summed E-state index contributed by atoms with van der Waals surface area (Å²) in [6.45, 7) is -0.488. The molecule has 1 amide bonds. The van der Waals surface area contributed by atoms with Crippen molar-refractivity contribution in [3.8, 4) is 6.07 Å². The Balaban J connectivity index is 1.96. The Morgan fingerprint density at radius 2 is 1.94 bits per heavy atom. The van der Waals surface area contributed by atoms with Crippen LogP contribution in [0.1, 0.15) is 24.8 Å². The zero-order valence-electron chi connectivity index (χ0n) is 17.1. The van der Waals surface area contributed by atoms with Gasteiger partial charge in [-0.25, -0.2) is 8.42 Å². The Labute approximate surface area is 188 Å². The molecule has 32 heavy (non-hydrogen) atoms. The largest absolute Gasteiger partial charge is 0.455 e. The Kier molecular flexibility index (Phi) is 8.50. The highest BCUT2D eigenvalue weighted by Crippen LogP contribution is 2.36. The minimum atomic E-state index is -4.81. The molecule has 0 radical (unpaired) electrons. The lowest BCUT2D eigenvalue weighted by molar-refractivity contribution is -0.156. The molecule has 1 saturated heterocycles. The first kappa shape index (κ1) is 25.9. The van der Waals surface area contributed by atoms with Crippen molar-refractivity contribution < 1.29 is 35.9 Å². The Morgan fingerprint density at radius 1 is 1.31 bits per heavy atom. The van der Waals surface area contributed by atoms with E-state index in [0.717, 1.165) is 16.4 Å². The molecule has 8 nitrogen and oxygen atoms in total. The number of carbonyl (C=O) groups excluding carboxylic acids is 2. The summed E-state index contributed by atoms with van der Waals surface area (Å²) < 4.78 is 70.7. The molecule has 1 aliphatic rings. The van der Waals surface area contributed by atoms with Gasteiger partial charge in [0.2, 0.25) is 10.0 Å². The predicted octanol–water partition coefficient (Wildman–Crippen LogP) is 2.67. The summed E-state index contributed by atoms with van der Waals surface area (Å²) in [6.07, 6.45) is -4.48. The number of nitriles is 1. The van der Waals surface area contributed by atoms with E-state index in [1.54, 1.807) is 0 Å². The van der Waals surface area contributed by atoms with E-state index in [0.29, 0.717) is 6.07 Å². The van der Waals surface area contributed by atoms with Crippen LogP contribution in [0.5, 0.6) is 0 Å². The minimum absolute atomic E-state index is 0.0935. The molecule has 0 spiro atoms. The zero-order valence-corrected chi connectivity index (χ0v) is 18.6. The van der Waals surface area contributed by atoms with Crippen molar-refractivity contribution in [2.24, 2.45) is 5.92 Å². The first-order valence-corrected chi connectivity index (χ1v) is 11.3. The van der Waals surface area contributed by atoms with Crippen LogP contribution in [0.25, 0.3) is 0 Å². The monoisotopic (exact) mass is 495 g/mol. The van der Waals surface area contributed by atoms with Gasteiger partial charge in [0.25, 0.3) is 5.91 Å². The number of sulfonamides is 1. The Hall–Kier alpha value is -2.36. The number of carbonyl (C=O) groups is 2. The maximum Gasteiger partial charge on any atom is 0.417 e. The standard InChI is InChI=1S/C19H21ClF3N3O5S/c1-25(8-2-7-24)17(27)12-31-18(28)13-5-9-26(10-6-13)32(29,30)14-3-4-16(20)15(11-14)19(21,22)23/h3-4,11,13H,2,5-6,8-10,12H2,1H3. The molecule has 1 aromatic carbocycles. The normalized spacial score (nSPS) is 15.8. The molecule has 0 unspecified atom stereocenters. The summed E-state index contributed by atoms with van der Waals surface area (Å²) in [6, 6.07) is 4.27. The van der Waals surface area contributed by atoms with Gasteiger partial charge < -0.3 is 9.64 Å². The van der Waals surface area contributed by atoms with Gasteiger partial charge in [-0.3, -0.25) is 9.59 Å². The van der Waals surface area contributed by atoms with Crippen LogP contribution in [-0.4, -0.2) is 62.8 Å². The topological polar surface area (TPSA) is 108 Å². The maximum atomic E-state index is 13.1. The van der Waals surface area contributed by atoms with Crippen molar-refractivity contribution >= 4 is 33.5 Å². The molecule has 0 N–H and O–H groups in total. The summed E-state index contributed by atoms with van der Waals surface area (Å²) >= 11 is 5.55. The maximum absolute atomic E-state index is 13.1. The highest BCUT2D eigenvalue weighted by Gasteiger charge is 2.37. The summed E-state index contributed by atoms with van der Waals surface area (Å²) in [7, 11) is -2.75. The number of piperidine rings is 1. The molecule has 0 saturated carbocycles. The van der Waals surface area contributed by atoms with E-state index < -0.39 is 56.1 Å². The number of hydrogen-bond acceptors (Lipinski definition) is 6. The molecule has 1 aromatic rings. The number of rotatable bonds is 7. The van der Waals surface area contributed by atoms with Gasteiger partial charge in [0, 0.05) is 26.7 Å². The van der Waals surface area contributed by atoms with Crippen molar-refractivity contribution in [3.05, 3.63) is 28.8 Å². The lowest BCUT2D eigenvalue weighted by Crippen LogP contribution is -2.41. The fraction of sp³-hybridized carbons (Fsp3) is 0.526. The molecule has 0 aromatic heterocycles. The van der Waals surface area contributed by atoms with Crippen LogP contribution >= 0.6 is 11.6 Å². The first-order chi connectivity index (χ1) is 14.9. The number of nitrogens with zero attached hydrogens (tertiary/aromatic N) is 3. The second kappa shape index (κ2) is 10.5. The quantitative estimate of drug-likeness (QED) is 0.538. The number of esters is 1. The molecule has 0 aliphatic carbocycles. The van der Waals surface area contributed by atoms with E-state index >= 15 is 0 Å². The highest BCUT2D eigenvalue weighted by molar-refractivity contribution is 7.89. The highest BCUT2D eigenvalue weighted by atomic mass is 35.5. The number of hydrogen-bond donors (Lipinski definition) is 0. The molecular weight excluding hydrogens is 475 g/mol. The van der Waals surface area contributed by atoms with Crippen LogP contribution in [0, 0.1) is 17.2 Å². The van der Waals surface area contributed by atoms with E-state index in [1.807, 2.05) is 6.07 Å². The smallest absolute Gasteiger partial charge is 0.417 e. The predicted molar refractivity (Wildman–Crippen MR) is 107 cm³/mol. The van der Waals surface area contributed by atoms with Crippen LogP contribution in [0.4, 0.5) is 13.2 Å². The first-order valence-electron chi connectivity index (χ1n) is 9.52.